The van der Waals surface area contributed by atoms with Gasteiger partial charge in [0.25, 0.3) is 0 Å². The molecule has 1 aliphatic carbocycles. The summed E-state index contributed by atoms with van der Waals surface area (Å²) in [5.41, 5.74) is 0. The third-order valence-electron chi connectivity index (χ3n) is 4.18. The van der Waals surface area contributed by atoms with Gasteiger partial charge in [-0.2, -0.15) is 0 Å². The summed E-state index contributed by atoms with van der Waals surface area (Å²) in [5, 5.41) is 13.3. The van der Waals surface area contributed by atoms with Gasteiger partial charge in [0, 0.05) is 13.2 Å². The first-order valence-corrected chi connectivity index (χ1v) is 7.36. The molecule has 1 aliphatic heterocycles. The number of hydrogen-bond donors (Lipinski definition) is 2. The topological polar surface area (TPSA) is 41.5 Å². The predicted octanol–water partition coefficient (Wildman–Crippen LogP) is 2.09. The van der Waals surface area contributed by atoms with E-state index in [1.165, 1.54) is 44.9 Å². The van der Waals surface area contributed by atoms with Crippen LogP contribution in [0.25, 0.3) is 0 Å². The number of aliphatic hydroxyl groups is 1. The molecule has 0 aromatic rings. The van der Waals surface area contributed by atoms with Gasteiger partial charge in [-0.1, -0.05) is 12.8 Å². The quantitative estimate of drug-likeness (QED) is 0.700. The molecule has 2 aliphatic rings. The summed E-state index contributed by atoms with van der Waals surface area (Å²) < 4.78 is 5.60. The summed E-state index contributed by atoms with van der Waals surface area (Å²) >= 11 is 0. The maximum absolute atomic E-state index is 9.84. The van der Waals surface area contributed by atoms with Gasteiger partial charge in [0.2, 0.25) is 0 Å². The van der Waals surface area contributed by atoms with E-state index in [4.69, 9.17) is 4.74 Å². The summed E-state index contributed by atoms with van der Waals surface area (Å²) in [6, 6.07) is 0. The van der Waals surface area contributed by atoms with Gasteiger partial charge in [0.15, 0.2) is 0 Å². The van der Waals surface area contributed by atoms with Crippen LogP contribution in [-0.2, 0) is 4.74 Å². The van der Waals surface area contributed by atoms with Crippen molar-refractivity contribution < 1.29 is 9.84 Å². The van der Waals surface area contributed by atoms with Crippen molar-refractivity contribution in [3.63, 3.8) is 0 Å². The maximum Gasteiger partial charge on any atom is 0.0580 e. The van der Waals surface area contributed by atoms with Gasteiger partial charge in [-0.15, -0.1) is 0 Å². The van der Waals surface area contributed by atoms with Gasteiger partial charge in [0.1, 0.15) is 0 Å². The van der Waals surface area contributed by atoms with Crippen molar-refractivity contribution in [3.05, 3.63) is 0 Å². The highest BCUT2D eigenvalue weighted by Gasteiger charge is 2.22. The van der Waals surface area contributed by atoms with E-state index < -0.39 is 0 Å². The first-order valence-electron chi connectivity index (χ1n) is 7.36. The Morgan fingerprint density at radius 1 is 1.12 bits per heavy atom. The van der Waals surface area contributed by atoms with Crippen LogP contribution in [0.3, 0.4) is 0 Å². The Bertz CT molecular complexity index is 204. The standard InChI is InChI=1S/C14H27NO2/c16-14-8-2-1-5-12(14)11-15-9-3-6-13-7-4-10-17-13/h12-16H,1-11H2. The number of aliphatic hydroxyl groups excluding tert-OH is 1. The van der Waals surface area contributed by atoms with E-state index in [1.807, 2.05) is 0 Å². The number of ether oxygens (including phenoxy) is 1. The van der Waals surface area contributed by atoms with Crippen LogP contribution in [-0.4, -0.2) is 37.0 Å². The first kappa shape index (κ1) is 13.3. The fraction of sp³-hybridized carbons (Fsp3) is 1.00. The third-order valence-corrected chi connectivity index (χ3v) is 4.18. The second-order valence-corrected chi connectivity index (χ2v) is 5.59. The zero-order valence-electron chi connectivity index (χ0n) is 10.9. The molecular weight excluding hydrogens is 214 g/mol. The minimum Gasteiger partial charge on any atom is -0.393 e. The van der Waals surface area contributed by atoms with Crippen molar-refractivity contribution in [2.45, 2.75) is 63.6 Å². The lowest BCUT2D eigenvalue weighted by Gasteiger charge is -2.27. The largest absolute Gasteiger partial charge is 0.393 e. The van der Waals surface area contributed by atoms with Gasteiger partial charge in [-0.3, -0.25) is 0 Å². The van der Waals surface area contributed by atoms with Crippen molar-refractivity contribution in [2.24, 2.45) is 5.92 Å². The molecule has 17 heavy (non-hydrogen) atoms. The van der Waals surface area contributed by atoms with Gasteiger partial charge in [0.05, 0.1) is 12.2 Å². The first-order chi connectivity index (χ1) is 8.36. The lowest BCUT2D eigenvalue weighted by Crippen LogP contribution is -2.34. The minimum absolute atomic E-state index is 0.0607. The van der Waals surface area contributed by atoms with Crippen LogP contribution < -0.4 is 5.32 Å². The Kier molecular flexibility index (Phi) is 5.75. The van der Waals surface area contributed by atoms with Crippen LogP contribution >= 0.6 is 0 Å². The summed E-state index contributed by atoms with van der Waals surface area (Å²) in [4.78, 5) is 0. The summed E-state index contributed by atoms with van der Waals surface area (Å²) in [6.07, 6.45) is 10.0. The highest BCUT2D eigenvalue weighted by atomic mass is 16.5. The minimum atomic E-state index is -0.0607. The maximum atomic E-state index is 9.84. The molecule has 3 atom stereocenters. The fourth-order valence-electron chi connectivity index (χ4n) is 3.04. The highest BCUT2D eigenvalue weighted by molar-refractivity contribution is 4.76. The molecule has 0 amide bonds. The van der Waals surface area contributed by atoms with Gasteiger partial charge in [-0.05, 0) is 51.0 Å². The van der Waals surface area contributed by atoms with E-state index in [-0.39, 0.29) is 6.10 Å². The molecule has 0 bridgehead atoms. The monoisotopic (exact) mass is 241 g/mol. The summed E-state index contributed by atoms with van der Waals surface area (Å²) in [6.45, 7) is 3.03. The average molecular weight is 241 g/mol. The van der Waals surface area contributed by atoms with E-state index in [9.17, 15) is 5.11 Å². The zero-order valence-corrected chi connectivity index (χ0v) is 10.9. The van der Waals surface area contributed by atoms with Gasteiger partial charge < -0.3 is 15.2 Å². The molecule has 3 unspecified atom stereocenters. The van der Waals surface area contributed by atoms with Gasteiger partial charge >= 0.3 is 0 Å². The van der Waals surface area contributed by atoms with Crippen molar-refractivity contribution in [2.75, 3.05) is 19.7 Å². The van der Waals surface area contributed by atoms with Crippen LogP contribution in [0.5, 0.6) is 0 Å². The van der Waals surface area contributed by atoms with Crippen LogP contribution in [0.2, 0.25) is 0 Å². The van der Waals surface area contributed by atoms with Crippen molar-refractivity contribution in [1.29, 1.82) is 0 Å². The van der Waals surface area contributed by atoms with Crippen molar-refractivity contribution in [1.82, 2.24) is 5.32 Å². The second kappa shape index (κ2) is 7.34. The van der Waals surface area contributed by atoms with Crippen LogP contribution in [0.1, 0.15) is 51.4 Å². The molecule has 2 fully saturated rings. The van der Waals surface area contributed by atoms with E-state index in [1.54, 1.807) is 0 Å². The van der Waals surface area contributed by atoms with E-state index in [2.05, 4.69) is 5.32 Å². The predicted molar refractivity (Wildman–Crippen MR) is 69.0 cm³/mol. The SMILES string of the molecule is OC1CCCCC1CNCCCC1CCCO1. The Morgan fingerprint density at radius 2 is 2.00 bits per heavy atom. The molecular formula is C14H27NO2. The molecule has 1 saturated carbocycles. The van der Waals surface area contributed by atoms with Crippen molar-refractivity contribution in [3.8, 4) is 0 Å². The molecule has 0 aromatic carbocycles. The smallest absolute Gasteiger partial charge is 0.0580 e. The van der Waals surface area contributed by atoms with Crippen LogP contribution in [0.15, 0.2) is 0 Å². The Labute approximate surface area is 105 Å². The summed E-state index contributed by atoms with van der Waals surface area (Å²) in [5.74, 6) is 0.492. The molecule has 0 aromatic heterocycles. The van der Waals surface area contributed by atoms with E-state index >= 15 is 0 Å². The highest BCUT2D eigenvalue weighted by Crippen LogP contribution is 2.23. The molecule has 2 rings (SSSR count). The van der Waals surface area contributed by atoms with Crippen molar-refractivity contribution >= 4 is 0 Å². The van der Waals surface area contributed by atoms with E-state index in [0.717, 1.165) is 26.1 Å². The average Bonchev–Trinajstić information content (AvgIpc) is 2.84. The van der Waals surface area contributed by atoms with Crippen LogP contribution in [0.4, 0.5) is 0 Å². The molecule has 2 N–H and O–H groups in total. The number of hydrogen-bond acceptors (Lipinski definition) is 3. The molecule has 0 spiro atoms. The molecule has 1 heterocycles. The zero-order chi connectivity index (χ0) is 11.9. The number of nitrogens with one attached hydrogen (secondary N) is 1. The molecule has 3 nitrogen and oxygen atoms in total. The fourth-order valence-corrected chi connectivity index (χ4v) is 3.04. The van der Waals surface area contributed by atoms with E-state index in [0.29, 0.717) is 12.0 Å². The summed E-state index contributed by atoms with van der Waals surface area (Å²) in [7, 11) is 0. The Hall–Kier alpha value is -0.120. The number of rotatable bonds is 6. The lowest BCUT2D eigenvalue weighted by molar-refractivity contribution is 0.0691. The molecule has 0 radical (unpaired) electrons. The van der Waals surface area contributed by atoms with Crippen LogP contribution in [0, 0.1) is 5.92 Å². The Balaban J connectivity index is 1.47. The van der Waals surface area contributed by atoms with Gasteiger partial charge in [-0.25, -0.2) is 0 Å². The molecule has 3 heteroatoms. The normalized spacial score (nSPS) is 34.1. The Morgan fingerprint density at radius 3 is 2.76 bits per heavy atom. The third kappa shape index (κ3) is 4.57. The molecule has 100 valence electrons. The lowest BCUT2D eigenvalue weighted by atomic mass is 9.86. The second-order valence-electron chi connectivity index (χ2n) is 5.59. The molecule has 1 saturated heterocycles.